The highest BCUT2D eigenvalue weighted by Crippen LogP contribution is 2.23. The van der Waals surface area contributed by atoms with Crippen molar-refractivity contribution in [3.05, 3.63) is 47.3 Å². The third kappa shape index (κ3) is 2.59. The molecule has 1 aromatic carbocycles. The van der Waals surface area contributed by atoms with Gasteiger partial charge in [-0.15, -0.1) is 0 Å². The number of hydrogen-bond acceptors (Lipinski definition) is 2. The van der Waals surface area contributed by atoms with Crippen molar-refractivity contribution in [1.29, 1.82) is 0 Å². The maximum absolute atomic E-state index is 11.9. The van der Waals surface area contributed by atoms with E-state index < -0.39 is 0 Å². The largest absolute Gasteiger partial charge is 0.497 e. The zero-order valence-corrected chi connectivity index (χ0v) is 12.8. The predicted octanol–water partition coefficient (Wildman–Crippen LogP) is 3.68. The van der Waals surface area contributed by atoms with E-state index in [0.717, 1.165) is 28.4 Å². The quantitative estimate of drug-likeness (QED) is 0.635. The summed E-state index contributed by atoms with van der Waals surface area (Å²) in [5.41, 5.74) is 3.81. The van der Waals surface area contributed by atoms with Gasteiger partial charge >= 0.3 is 0 Å². The minimum absolute atomic E-state index is 0.105. The molecule has 0 unspecified atom stereocenters. The van der Waals surface area contributed by atoms with Crippen LogP contribution in [0.3, 0.4) is 0 Å². The molecule has 0 atom stereocenters. The van der Waals surface area contributed by atoms with Crippen LogP contribution in [-0.2, 0) is 0 Å². The van der Waals surface area contributed by atoms with E-state index in [1.165, 1.54) is 0 Å². The smallest absolute Gasteiger partial charge is 0.175 e. The molecule has 0 fully saturated rings. The van der Waals surface area contributed by atoms with E-state index in [1.54, 1.807) is 7.11 Å². The second kappa shape index (κ2) is 5.61. The number of ketones is 1. The average Bonchev–Trinajstić information content (AvgIpc) is 2.73. The second-order valence-electron chi connectivity index (χ2n) is 4.38. The van der Waals surface area contributed by atoms with Gasteiger partial charge in [-0.1, -0.05) is 15.9 Å². The van der Waals surface area contributed by atoms with Crippen molar-refractivity contribution >= 4 is 21.7 Å². The third-order valence-electron chi connectivity index (χ3n) is 3.18. The molecule has 4 heteroatoms. The number of methoxy groups -OCH3 is 1. The molecule has 19 heavy (non-hydrogen) atoms. The van der Waals surface area contributed by atoms with Gasteiger partial charge in [-0.3, -0.25) is 4.79 Å². The summed E-state index contributed by atoms with van der Waals surface area (Å²) in [6, 6.07) is 9.74. The van der Waals surface area contributed by atoms with Crippen molar-refractivity contribution < 1.29 is 9.53 Å². The Morgan fingerprint density at radius 1 is 1.26 bits per heavy atom. The standard InChI is InChI=1S/C15H16BrNO2/c1-10-8-14(15(18)9-16)11(2)17(10)12-4-6-13(19-3)7-5-12/h4-8H,9H2,1-3H3. The van der Waals surface area contributed by atoms with Crippen molar-refractivity contribution in [3.8, 4) is 11.4 Å². The summed E-state index contributed by atoms with van der Waals surface area (Å²) in [5.74, 6) is 0.927. The first kappa shape index (κ1) is 13.9. The topological polar surface area (TPSA) is 31.2 Å². The Balaban J connectivity index is 2.49. The van der Waals surface area contributed by atoms with Crippen molar-refractivity contribution in [2.75, 3.05) is 12.4 Å². The molecule has 3 nitrogen and oxygen atoms in total. The lowest BCUT2D eigenvalue weighted by Crippen LogP contribution is -2.04. The van der Waals surface area contributed by atoms with Crippen LogP contribution >= 0.6 is 15.9 Å². The number of carbonyl (C=O) groups excluding carboxylic acids is 1. The highest BCUT2D eigenvalue weighted by atomic mass is 79.9. The van der Waals surface area contributed by atoms with Crippen LogP contribution in [0.4, 0.5) is 0 Å². The molecule has 0 amide bonds. The molecule has 0 spiro atoms. The fourth-order valence-electron chi connectivity index (χ4n) is 2.25. The van der Waals surface area contributed by atoms with E-state index in [-0.39, 0.29) is 5.78 Å². The number of rotatable bonds is 4. The van der Waals surface area contributed by atoms with E-state index in [9.17, 15) is 4.79 Å². The third-order valence-corrected chi connectivity index (χ3v) is 3.69. The summed E-state index contributed by atoms with van der Waals surface area (Å²) >= 11 is 3.22. The molecule has 100 valence electrons. The van der Waals surface area contributed by atoms with E-state index in [2.05, 4.69) is 20.5 Å². The highest BCUT2D eigenvalue weighted by Gasteiger charge is 2.15. The number of halogens is 1. The minimum Gasteiger partial charge on any atom is -0.497 e. The molecule has 0 bridgehead atoms. The number of alkyl halides is 1. The van der Waals surface area contributed by atoms with E-state index >= 15 is 0 Å². The van der Waals surface area contributed by atoms with Gasteiger partial charge in [-0.2, -0.15) is 0 Å². The van der Waals surface area contributed by atoms with E-state index in [0.29, 0.717) is 5.33 Å². The van der Waals surface area contributed by atoms with E-state index in [4.69, 9.17) is 4.74 Å². The lowest BCUT2D eigenvalue weighted by molar-refractivity contribution is 0.102. The summed E-state index contributed by atoms with van der Waals surface area (Å²) in [4.78, 5) is 11.9. The Morgan fingerprint density at radius 3 is 2.42 bits per heavy atom. The van der Waals surface area contributed by atoms with Gasteiger partial charge in [-0.05, 0) is 44.2 Å². The van der Waals surface area contributed by atoms with Crippen LogP contribution in [-0.4, -0.2) is 22.8 Å². The molecule has 0 radical (unpaired) electrons. The van der Waals surface area contributed by atoms with Crippen LogP contribution in [0.1, 0.15) is 21.7 Å². The molecular formula is C15H16BrNO2. The summed E-state index contributed by atoms with van der Waals surface area (Å²) in [5, 5.41) is 0.347. The minimum atomic E-state index is 0.105. The number of Topliss-reactive ketones (excluding diaryl/α,β-unsaturated/α-hetero) is 1. The molecule has 0 saturated carbocycles. The Morgan fingerprint density at radius 2 is 1.89 bits per heavy atom. The monoisotopic (exact) mass is 321 g/mol. The van der Waals surface area contributed by atoms with Gasteiger partial charge in [-0.25, -0.2) is 0 Å². The van der Waals surface area contributed by atoms with Gasteiger partial charge in [0.15, 0.2) is 5.78 Å². The van der Waals surface area contributed by atoms with Gasteiger partial charge in [0, 0.05) is 22.6 Å². The number of aryl methyl sites for hydroxylation is 1. The zero-order chi connectivity index (χ0) is 14.0. The van der Waals surface area contributed by atoms with Crippen LogP contribution in [0.5, 0.6) is 5.75 Å². The number of aromatic nitrogens is 1. The summed E-state index contributed by atoms with van der Waals surface area (Å²) in [6.07, 6.45) is 0. The van der Waals surface area contributed by atoms with Gasteiger partial charge in [0.2, 0.25) is 0 Å². The van der Waals surface area contributed by atoms with Crippen molar-refractivity contribution in [1.82, 2.24) is 4.57 Å². The molecule has 2 rings (SSSR count). The first-order valence-electron chi connectivity index (χ1n) is 6.01. The van der Waals surface area contributed by atoms with Gasteiger partial charge in [0.05, 0.1) is 12.4 Å². The maximum atomic E-state index is 11.9. The number of carbonyl (C=O) groups is 1. The zero-order valence-electron chi connectivity index (χ0n) is 11.2. The molecule has 0 aliphatic heterocycles. The molecule has 1 aromatic heterocycles. The fraction of sp³-hybridized carbons (Fsp3) is 0.267. The second-order valence-corrected chi connectivity index (χ2v) is 4.94. The average molecular weight is 322 g/mol. The lowest BCUT2D eigenvalue weighted by atomic mass is 10.2. The fourth-order valence-corrected chi connectivity index (χ4v) is 2.55. The van der Waals surface area contributed by atoms with Crippen LogP contribution in [0, 0.1) is 13.8 Å². The van der Waals surface area contributed by atoms with Crippen LogP contribution in [0.2, 0.25) is 0 Å². The number of hydrogen-bond donors (Lipinski definition) is 0. The molecule has 0 aliphatic carbocycles. The first-order chi connectivity index (χ1) is 9.08. The Hall–Kier alpha value is -1.55. The Kier molecular flexibility index (Phi) is 4.10. The summed E-state index contributed by atoms with van der Waals surface area (Å²) in [7, 11) is 1.65. The highest BCUT2D eigenvalue weighted by molar-refractivity contribution is 9.09. The van der Waals surface area contributed by atoms with Crippen LogP contribution < -0.4 is 4.74 Å². The number of nitrogens with zero attached hydrogens (tertiary/aromatic N) is 1. The summed E-state index contributed by atoms with van der Waals surface area (Å²) in [6.45, 7) is 3.97. The van der Waals surface area contributed by atoms with Crippen molar-refractivity contribution in [2.24, 2.45) is 0 Å². The van der Waals surface area contributed by atoms with Gasteiger partial charge < -0.3 is 9.30 Å². The van der Waals surface area contributed by atoms with Crippen LogP contribution in [0.25, 0.3) is 5.69 Å². The Labute approximate surface area is 121 Å². The summed E-state index contributed by atoms with van der Waals surface area (Å²) < 4.78 is 7.24. The maximum Gasteiger partial charge on any atom is 0.175 e. The number of ether oxygens (including phenoxy) is 1. The van der Waals surface area contributed by atoms with Crippen molar-refractivity contribution in [2.45, 2.75) is 13.8 Å². The molecule has 0 aliphatic rings. The first-order valence-corrected chi connectivity index (χ1v) is 7.13. The molecule has 1 heterocycles. The Bertz CT molecular complexity index is 599. The molecule has 2 aromatic rings. The van der Waals surface area contributed by atoms with Gasteiger partial charge in [0.25, 0.3) is 0 Å². The van der Waals surface area contributed by atoms with Gasteiger partial charge in [0.1, 0.15) is 5.75 Å². The number of benzene rings is 1. The lowest BCUT2D eigenvalue weighted by Gasteiger charge is -2.10. The molecule has 0 N–H and O–H groups in total. The van der Waals surface area contributed by atoms with Crippen molar-refractivity contribution in [3.63, 3.8) is 0 Å². The molecular weight excluding hydrogens is 306 g/mol. The van der Waals surface area contributed by atoms with E-state index in [1.807, 2.05) is 44.2 Å². The SMILES string of the molecule is COc1ccc(-n2c(C)cc(C(=O)CBr)c2C)cc1. The van der Waals surface area contributed by atoms with Crippen LogP contribution in [0.15, 0.2) is 30.3 Å². The normalized spacial score (nSPS) is 10.5. The molecule has 0 saturated heterocycles. The predicted molar refractivity (Wildman–Crippen MR) is 79.9 cm³/mol.